The second-order valence-electron chi connectivity index (χ2n) is 13.8. The predicted molar refractivity (Wildman–Crippen MR) is 209 cm³/mol. The van der Waals surface area contributed by atoms with Gasteiger partial charge in [-0.2, -0.15) is 0 Å². The summed E-state index contributed by atoms with van der Waals surface area (Å²) in [6, 6.07) is 0. The minimum absolute atomic E-state index is 0.377. The first kappa shape index (κ1) is 55.0. The summed E-state index contributed by atoms with van der Waals surface area (Å²) in [6.07, 6.45) is -0.914. The second-order valence-corrected chi connectivity index (χ2v) is 13.8. The largest absolute Gasteiger partial charge is 0.444 e. The molecule has 0 saturated heterocycles. The van der Waals surface area contributed by atoms with E-state index in [0.29, 0.717) is 185 Å². The summed E-state index contributed by atoms with van der Waals surface area (Å²) in [7, 11) is 0. The zero-order valence-electron chi connectivity index (χ0n) is 35.7. The van der Waals surface area contributed by atoms with Crippen LogP contribution < -0.4 is 10.6 Å². The average Bonchev–Trinajstić information content (AvgIpc) is 3.13. The molecule has 0 saturated carbocycles. The quantitative estimate of drug-likeness (QED) is 0.0849. The van der Waals surface area contributed by atoms with Crippen LogP contribution in [0.2, 0.25) is 0 Å². The Morgan fingerprint density at radius 1 is 0.281 bits per heavy atom. The van der Waals surface area contributed by atoms with Gasteiger partial charge in [0.25, 0.3) is 0 Å². The van der Waals surface area contributed by atoms with Crippen LogP contribution in [0.25, 0.3) is 0 Å². The van der Waals surface area contributed by atoms with Gasteiger partial charge in [-0.15, -0.1) is 0 Å². The highest BCUT2D eigenvalue weighted by Gasteiger charge is 2.16. The zero-order valence-corrected chi connectivity index (χ0v) is 35.7. The zero-order chi connectivity index (χ0) is 42.0. The third kappa shape index (κ3) is 50.1. The number of alkyl carbamates (subject to hydrolysis) is 2. The molecule has 57 heavy (non-hydrogen) atoms. The van der Waals surface area contributed by atoms with Crippen molar-refractivity contribution in [3.63, 3.8) is 0 Å². The molecule has 0 spiro atoms. The number of ether oxygens (including phenoxy) is 15. The molecule has 0 aromatic rings. The average molecular weight is 833 g/mol. The van der Waals surface area contributed by atoms with Gasteiger partial charge in [-0.3, -0.25) is 0 Å². The maximum Gasteiger partial charge on any atom is 0.407 e. The Labute approximate surface area is 340 Å². The first-order valence-electron chi connectivity index (χ1n) is 19.9. The van der Waals surface area contributed by atoms with Gasteiger partial charge in [0.2, 0.25) is 0 Å². The minimum atomic E-state index is -0.517. The molecule has 2 N–H and O–H groups in total. The van der Waals surface area contributed by atoms with Gasteiger partial charge in [-0.25, -0.2) is 9.59 Å². The standard InChI is InChI=1S/C38H76N2O17/c1-37(2,3)56-35(41)39-7-9-43-11-13-45-15-17-47-19-21-49-23-25-51-27-29-53-31-33-55-34-32-54-30-28-52-26-24-50-22-20-48-18-16-46-14-12-44-10-8-40-36(42)57-38(4,5)6/h7-34H2,1-6H3,(H,39,41)(H,40,42). The van der Waals surface area contributed by atoms with Gasteiger partial charge in [-0.05, 0) is 41.5 Å². The fourth-order valence-corrected chi connectivity index (χ4v) is 3.82. The molecule has 2 amide bonds. The fraction of sp³-hybridized carbons (Fsp3) is 0.947. The Morgan fingerprint density at radius 2 is 0.421 bits per heavy atom. The van der Waals surface area contributed by atoms with Gasteiger partial charge in [0.15, 0.2) is 0 Å². The number of hydrogen-bond donors (Lipinski definition) is 2. The van der Waals surface area contributed by atoms with Gasteiger partial charge in [0.1, 0.15) is 11.2 Å². The Balaban J connectivity index is 3.13. The SMILES string of the molecule is CC(C)(C)OC(=O)NCCOCCOCCOCCOCCOCCOCCOCCOCCOCCOCCOCCOCCOCCNC(=O)OC(C)(C)C. The molecule has 0 bridgehead atoms. The molecule has 0 atom stereocenters. The predicted octanol–water partition coefficient (Wildman–Crippen LogP) is 2.25. The van der Waals surface area contributed by atoms with E-state index in [1.807, 2.05) is 41.5 Å². The number of carbonyl (C=O) groups excluding carboxylic acids is 2. The van der Waals surface area contributed by atoms with Gasteiger partial charge >= 0.3 is 12.2 Å². The van der Waals surface area contributed by atoms with E-state index in [1.165, 1.54) is 0 Å². The van der Waals surface area contributed by atoms with E-state index in [0.717, 1.165) is 0 Å². The lowest BCUT2D eigenvalue weighted by molar-refractivity contribution is -0.0290. The first-order chi connectivity index (χ1) is 27.5. The molecular formula is C38H76N2O17. The van der Waals surface area contributed by atoms with Crippen LogP contribution >= 0.6 is 0 Å². The molecule has 0 rings (SSSR count). The second kappa shape index (κ2) is 40.8. The van der Waals surface area contributed by atoms with Gasteiger partial charge < -0.3 is 81.7 Å². The van der Waals surface area contributed by atoms with Crippen molar-refractivity contribution in [2.75, 3.05) is 185 Å². The van der Waals surface area contributed by atoms with Crippen LogP contribution in [0.1, 0.15) is 41.5 Å². The molecule has 0 unspecified atom stereocenters. The summed E-state index contributed by atoms with van der Waals surface area (Å²) in [4.78, 5) is 23.0. The lowest BCUT2D eigenvalue weighted by Crippen LogP contribution is -2.34. The molecule has 19 nitrogen and oxygen atoms in total. The highest BCUT2D eigenvalue weighted by atomic mass is 16.6. The van der Waals surface area contributed by atoms with Crippen molar-refractivity contribution in [1.29, 1.82) is 0 Å². The molecule has 0 radical (unpaired) electrons. The van der Waals surface area contributed by atoms with Crippen molar-refractivity contribution in [1.82, 2.24) is 10.6 Å². The molecule has 0 aliphatic carbocycles. The van der Waals surface area contributed by atoms with E-state index < -0.39 is 23.4 Å². The van der Waals surface area contributed by atoms with Crippen molar-refractivity contribution in [2.45, 2.75) is 52.7 Å². The Kier molecular flexibility index (Phi) is 39.4. The van der Waals surface area contributed by atoms with Crippen LogP contribution in [0.15, 0.2) is 0 Å². The van der Waals surface area contributed by atoms with E-state index in [-0.39, 0.29) is 0 Å². The van der Waals surface area contributed by atoms with Crippen LogP contribution in [0, 0.1) is 0 Å². The lowest BCUT2D eigenvalue weighted by atomic mass is 10.2. The topological polar surface area (TPSA) is 197 Å². The number of rotatable bonds is 42. The van der Waals surface area contributed by atoms with Gasteiger partial charge in [0, 0.05) is 13.1 Å². The Bertz CT molecular complexity index is 810. The Hall–Kier alpha value is -1.98. The van der Waals surface area contributed by atoms with Crippen molar-refractivity contribution in [3.8, 4) is 0 Å². The van der Waals surface area contributed by atoms with Crippen molar-refractivity contribution < 1.29 is 80.6 Å². The van der Waals surface area contributed by atoms with E-state index >= 15 is 0 Å². The summed E-state index contributed by atoms with van der Waals surface area (Å²) in [5.74, 6) is 0. The van der Waals surface area contributed by atoms with Gasteiger partial charge in [-0.1, -0.05) is 0 Å². The number of amides is 2. The highest BCUT2D eigenvalue weighted by molar-refractivity contribution is 5.67. The summed E-state index contributed by atoms with van der Waals surface area (Å²) in [6.45, 7) is 23.8. The third-order valence-corrected chi connectivity index (χ3v) is 6.29. The fourth-order valence-electron chi connectivity index (χ4n) is 3.82. The first-order valence-corrected chi connectivity index (χ1v) is 19.9. The van der Waals surface area contributed by atoms with Gasteiger partial charge in [0.05, 0.1) is 172 Å². The van der Waals surface area contributed by atoms with E-state index in [4.69, 9.17) is 71.1 Å². The van der Waals surface area contributed by atoms with Crippen molar-refractivity contribution >= 4 is 12.2 Å². The molecular weight excluding hydrogens is 756 g/mol. The molecule has 0 heterocycles. The van der Waals surface area contributed by atoms with E-state index in [9.17, 15) is 9.59 Å². The normalized spacial score (nSPS) is 11.9. The summed E-state index contributed by atoms with van der Waals surface area (Å²) < 4.78 is 81.3. The Morgan fingerprint density at radius 3 is 0.561 bits per heavy atom. The van der Waals surface area contributed by atoms with Crippen LogP contribution in [-0.2, 0) is 71.1 Å². The van der Waals surface area contributed by atoms with E-state index in [2.05, 4.69) is 10.6 Å². The van der Waals surface area contributed by atoms with Crippen molar-refractivity contribution in [2.24, 2.45) is 0 Å². The molecule has 0 aliphatic heterocycles. The minimum Gasteiger partial charge on any atom is -0.444 e. The summed E-state index contributed by atoms with van der Waals surface area (Å²) in [5.41, 5.74) is -1.03. The number of hydrogen-bond acceptors (Lipinski definition) is 17. The molecule has 0 aromatic heterocycles. The van der Waals surface area contributed by atoms with Crippen LogP contribution in [0.3, 0.4) is 0 Å². The van der Waals surface area contributed by atoms with Crippen LogP contribution in [-0.4, -0.2) is 208 Å². The van der Waals surface area contributed by atoms with Crippen LogP contribution in [0.5, 0.6) is 0 Å². The number of carbonyl (C=O) groups is 2. The van der Waals surface area contributed by atoms with Crippen molar-refractivity contribution in [3.05, 3.63) is 0 Å². The lowest BCUT2D eigenvalue weighted by Gasteiger charge is -2.19. The monoisotopic (exact) mass is 833 g/mol. The molecule has 0 aliphatic rings. The smallest absolute Gasteiger partial charge is 0.407 e. The van der Waals surface area contributed by atoms with E-state index in [1.54, 1.807) is 0 Å². The number of nitrogens with one attached hydrogen (secondary N) is 2. The molecule has 340 valence electrons. The van der Waals surface area contributed by atoms with Crippen LogP contribution in [0.4, 0.5) is 9.59 Å². The summed E-state index contributed by atoms with van der Waals surface area (Å²) >= 11 is 0. The maximum absolute atomic E-state index is 11.5. The summed E-state index contributed by atoms with van der Waals surface area (Å²) in [5, 5.41) is 5.26. The third-order valence-electron chi connectivity index (χ3n) is 6.29. The molecule has 0 fully saturated rings. The molecule has 19 heteroatoms. The highest BCUT2D eigenvalue weighted by Crippen LogP contribution is 2.06. The molecule has 0 aromatic carbocycles. The maximum atomic E-state index is 11.5.